The fraction of sp³-hybridized carbons (Fsp3) is 1.00. The number of fused-ring (bicyclic) bond motifs is 1. The molecule has 0 radical (unpaired) electrons. The van der Waals surface area contributed by atoms with Crippen molar-refractivity contribution in [1.29, 1.82) is 0 Å². The normalized spacial score (nSPS) is 51.5. The molecule has 0 aromatic carbocycles. The molecule has 0 aliphatic carbocycles. The lowest BCUT2D eigenvalue weighted by atomic mass is 10.0. The van der Waals surface area contributed by atoms with Crippen molar-refractivity contribution >= 4 is 0 Å². The van der Waals surface area contributed by atoms with E-state index in [0.717, 1.165) is 0 Å². The zero-order valence-electron chi connectivity index (χ0n) is 12.0. The highest BCUT2D eigenvalue weighted by molar-refractivity contribution is 5.00. The average molecular weight is 274 g/mol. The van der Waals surface area contributed by atoms with Crippen LogP contribution in [0.5, 0.6) is 0 Å². The van der Waals surface area contributed by atoms with E-state index in [1.54, 1.807) is 0 Å². The fourth-order valence-corrected chi connectivity index (χ4v) is 3.17. The number of hydrogen-bond acceptors (Lipinski definition) is 6. The first-order chi connectivity index (χ1) is 8.69. The summed E-state index contributed by atoms with van der Waals surface area (Å²) in [4.78, 5) is 0. The molecule has 0 amide bonds. The Labute approximate surface area is 112 Å². The van der Waals surface area contributed by atoms with Crippen LogP contribution in [0.25, 0.3) is 0 Å². The number of aliphatic hydroxyl groups is 1. The minimum Gasteiger partial charge on any atom is -0.366 e. The summed E-state index contributed by atoms with van der Waals surface area (Å²) in [7, 11) is 0. The smallest absolute Gasteiger partial charge is 0.184 e. The van der Waals surface area contributed by atoms with Gasteiger partial charge in [0.25, 0.3) is 0 Å². The first-order valence-corrected chi connectivity index (χ1v) is 6.73. The monoisotopic (exact) mass is 274 g/mol. The van der Waals surface area contributed by atoms with Crippen LogP contribution in [0, 0.1) is 0 Å². The van der Waals surface area contributed by atoms with Crippen molar-refractivity contribution in [2.45, 2.75) is 83.0 Å². The van der Waals surface area contributed by atoms with E-state index in [9.17, 15) is 5.11 Å². The second-order valence-electron chi connectivity index (χ2n) is 6.36. The molecule has 0 unspecified atom stereocenters. The first kappa shape index (κ1) is 13.7. The van der Waals surface area contributed by atoms with Crippen LogP contribution >= 0.6 is 0 Å². The van der Waals surface area contributed by atoms with Crippen LogP contribution < -0.4 is 0 Å². The van der Waals surface area contributed by atoms with Gasteiger partial charge in [0.1, 0.15) is 24.4 Å². The Morgan fingerprint density at radius 1 is 0.737 bits per heavy atom. The minimum atomic E-state index is -0.990. The summed E-state index contributed by atoms with van der Waals surface area (Å²) in [5.74, 6) is -1.36. The molecule has 3 saturated heterocycles. The lowest BCUT2D eigenvalue weighted by Crippen LogP contribution is -2.43. The fourth-order valence-electron chi connectivity index (χ4n) is 3.17. The molecule has 6 atom stereocenters. The topological polar surface area (TPSA) is 66.4 Å². The molecule has 6 heteroatoms. The van der Waals surface area contributed by atoms with Gasteiger partial charge in [0, 0.05) is 0 Å². The molecule has 3 rings (SSSR count). The molecular formula is C13H22O6. The Hall–Kier alpha value is -0.240. The summed E-state index contributed by atoms with van der Waals surface area (Å²) in [6.07, 6.45) is -2.60. The molecule has 0 aromatic heterocycles. The van der Waals surface area contributed by atoms with E-state index in [2.05, 4.69) is 0 Å². The van der Waals surface area contributed by atoms with Crippen LogP contribution in [0.3, 0.4) is 0 Å². The largest absolute Gasteiger partial charge is 0.366 e. The SMILES string of the molecule is C[C@@H]1OC(C)(C)O[C@H]1[C@H]1O[C@H](O)[C@H]2OC(C)(C)O[C@@H]12. The van der Waals surface area contributed by atoms with E-state index in [1.807, 2.05) is 34.6 Å². The van der Waals surface area contributed by atoms with Gasteiger partial charge in [0.05, 0.1) is 6.10 Å². The molecule has 3 fully saturated rings. The summed E-state index contributed by atoms with van der Waals surface area (Å²) in [6.45, 7) is 9.32. The standard InChI is InChI=1S/C13H22O6/c1-6-7(17-12(2,3)16-6)8-9-10(11(14)15-8)19-13(4,5)18-9/h6-11,14H,1-5H3/t6-,7+,8+,9-,10-,11-/m0/s1. The maximum absolute atomic E-state index is 9.96. The molecule has 3 heterocycles. The zero-order valence-corrected chi connectivity index (χ0v) is 12.0. The molecule has 0 spiro atoms. The molecule has 3 aliphatic rings. The van der Waals surface area contributed by atoms with Crippen LogP contribution in [-0.4, -0.2) is 53.5 Å². The van der Waals surface area contributed by atoms with Crippen LogP contribution in [0.2, 0.25) is 0 Å². The van der Waals surface area contributed by atoms with Gasteiger partial charge >= 0.3 is 0 Å². The van der Waals surface area contributed by atoms with Gasteiger partial charge in [-0.1, -0.05) is 0 Å². The van der Waals surface area contributed by atoms with E-state index in [-0.39, 0.29) is 18.3 Å². The van der Waals surface area contributed by atoms with Crippen LogP contribution in [0.1, 0.15) is 34.6 Å². The second kappa shape index (κ2) is 4.13. The van der Waals surface area contributed by atoms with E-state index >= 15 is 0 Å². The van der Waals surface area contributed by atoms with Gasteiger partial charge in [-0.3, -0.25) is 0 Å². The highest BCUT2D eigenvalue weighted by Gasteiger charge is 2.59. The first-order valence-electron chi connectivity index (χ1n) is 6.73. The summed E-state index contributed by atoms with van der Waals surface area (Å²) in [5.41, 5.74) is 0. The van der Waals surface area contributed by atoms with Gasteiger partial charge in [0.15, 0.2) is 17.9 Å². The molecule has 3 aliphatic heterocycles. The van der Waals surface area contributed by atoms with Crippen molar-refractivity contribution in [2.24, 2.45) is 0 Å². The van der Waals surface area contributed by atoms with Crippen molar-refractivity contribution in [3.05, 3.63) is 0 Å². The molecule has 0 aromatic rings. The Morgan fingerprint density at radius 3 is 1.84 bits per heavy atom. The molecule has 0 saturated carbocycles. The van der Waals surface area contributed by atoms with Crippen molar-refractivity contribution in [2.75, 3.05) is 0 Å². The van der Waals surface area contributed by atoms with Crippen molar-refractivity contribution in [3.8, 4) is 0 Å². The van der Waals surface area contributed by atoms with Gasteiger partial charge < -0.3 is 28.8 Å². The molecule has 6 nitrogen and oxygen atoms in total. The molecule has 110 valence electrons. The maximum Gasteiger partial charge on any atom is 0.184 e. The van der Waals surface area contributed by atoms with Gasteiger partial charge in [0.2, 0.25) is 0 Å². The Balaban J connectivity index is 1.79. The summed E-state index contributed by atoms with van der Waals surface area (Å²) >= 11 is 0. The van der Waals surface area contributed by atoms with E-state index in [4.69, 9.17) is 23.7 Å². The van der Waals surface area contributed by atoms with E-state index < -0.39 is 30.1 Å². The van der Waals surface area contributed by atoms with Crippen molar-refractivity contribution < 1.29 is 28.8 Å². The van der Waals surface area contributed by atoms with Crippen LogP contribution in [0.15, 0.2) is 0 Å². The zero-order chi connectivity index (χ0) is 14.0. The number of hydrogen-bond donors (Lipinski definition) is 1. The molecule has 0 bridgehead atoms. The summed E-state index contributed by atoms with van der Waals surface area (Å²) in [6, 6.07) is 0. The third-order valence-corrected chi connectivity index (χ3v) is 3.74. The molecule has 1 N–H and O–H groups in total. The predicted octanol–water partition coefficient (Wildman–Crippen LogP) is 0.764. The number of rotatable bonds is 1. The summed E-state index contributed by atoms with van der Waals surface area (Å²) < 4.78 is 28.7. The number of ether oxygens (including phenoxy) is 5. The molecule has 19 heavy (non-hydrogen) atoms. The maximum atomic E-state index is 9.96. The van der Waals surface area contributed by atoms with Gasteiger partial charge in [-0.15, -0.1) is 0 Å². The predicted molar refractivity (Wildman–Crippen MR) is 64.2 cm³/mol. The third-order valence-electron chi connectivity index (χ3n) is 3.74. The van der Waals surface area contributed by atoms with Crippen LogP contribution in [-0.2, 0) is 23.7 Å². The Bertz CT molecular complexity index is 364. The quantitative estimate of drug-likeness (QED) is 0.761. The lowest BCUT2D eigenvalue weighted by molar-refractivity contribution is -0.236. The Kier molecular flexibility index (Phi) is 2.98. The lowest BCUT2D eigenvalue weighted by Gasteiger charge is -2.27. The van der Waals surface area contributed by atoms with Crippen molar-refractivity contribution in [3.63, 3.8) is 0 Å². The average Bonchev–Trinajstić information content (AvgIpc) is 2.79. The Morgan fingerprint density at radius 2 is 1.26 bits per heavy atom. The van der Waals surface area contributed by atoms with Crippen molar-refractivity contribution in [1.82, 2.24) is 0 Å². The van der Waals surface area contributed by atoms with Gasteiger partial charge in [-0.05, 0) is 34.6 Å². The van der Waals surface area contributed by atoms with Gasteiger partial charge in [-0.2, -0.15) is 0 Å². The number of aliphatic hydroxyl groups excluding tert-OH is 1. The highest BCUT2D eigenvalue weighted by atomic mass is 16.8. The van der Waals surface area contributed by atoms with E-state index in [0.29, 0.717) is 0 Å². The third kappa shape index (κ3) is 2.30. The minimum absolute atomic E-state index is 0.127. The molecular weight excluding hydrogens is 252 g/mol. The second-order valence-corrected chi connectivity index (χ2v) is 6.36. The van der Waals surface area contributed by atoms with Gasteiger partial charge in [-0.25, -0.2) is 0 Å². The van der Waals surface area contributed by atoms with E-state index in [1.165, 1.54) is 0 Å². The highest BCUT2D eigenvalue weighted by Crippen LogP contribution is 2.42. The van der Waals surface area contributed by atoms with Crippen LogP contribution in [0.4, 0.5) is 0 Å². The summed E-state index contributed by atoms with van der Waals surface area (Å²) in [5, 5.41) is 9.96.